The molecular formula is C10H20N2O2. The first-order valence-corrected chi connectivity index (χ1v) is 5.22. The molecule has 0 aromatic heterocycles. The average Bonchev–Trinajstić information content (AvgIpc) is 2.01. The van der Waals surface area contributed by atoms with E-state index in [1.807, 2.05) is 18.9 Å². The van der Waals surface area contributed by atoms with Gasteiger partial charge in [-0.05, 0) is 32.2 Å². The van der Waals surface area contributed by atoms with Gasteiger partial charge in [0.15, 0.2) is 0 Å². The van der Waals surface area contributed by atoms with Crippen molar-refractivity contribution in [3.05, 3.63) is 0 Å². The van der Waals surface area contributed by atoms with Gasteiger partial charge in [-0.2, -0.15) is 0 Å². The van der Waals surface area contributed by atoms with Gasteiger partial charge in [0.2, 0.25) is 5.91 Å². The van der Waals surface area contributed by atoms with E-state index >= 15 is 0 Å². The molecule has 4 heteroatoms. The van der Waals surface area contributed by atoms with Gasteiger partial charge in [0, 0.05) is 6.54 Å². The third-order valence-electron chi connectivity index (χ3n) is 3.00. The van der Waals surface area contributed by atoms with Crippen LogP contribution in [0.2, 0.25) is 0 Å². The predicted molar refractivity (Wildman–Crippen MR) is 54.6 cm³/mol. The SMILES string of the molecule is CCC(C(N)=O)N(C)CC1CC(O)C1. The van der Waals surface area contributed by atoms with Gasteiger partial charge >= 0.3 is 0 Å². The average molecular weight is 200 g/mol. The first-order valence-electron chi connectivity index (χ1n) is 5.22. The van der Waals surface area contributed by atoms with Crippen LogP contribution < -0.4 is 5.73 Å². The summed E-state index contributed by atoms with van der Waals surface area (Å²) in [4.78, 5) is 13.1. The number of hydrogen-bond donors (Lipinski definition) is 2. The monoisotopic (exact) mass is 200 g/mol. The lowest BCUT2D eigenvalue weighted by Gasteiger charge is -2.36. The number of amides is 1. The molecule has 1 amide bonds. The standard InChI is InChI=1S/C10H20N2O2/c1-3-9(10(11)14)12(2)6-7-4-8(13)5-7/h7-9,13H,3-6H2,1-2H3,(H2,11,14). The maximum absolute atomic E-state index is 11.1. The molecule has 0 saturated heterocycles. The second-order valence-electron chi connectivity index (χ2n) is 4.26. The molecule has 0 radical (unpaired) electrons. The minimum Gasteiger partial charge on any atom is -0.393 e. The molecule has 3 N–H and O–H groups in total. The Bertz CT molecular complexity index is 202. The van der Waals surface area contributed by atoms with Crippen molar-refractivity contribution in [1.29, 1.82) is 0 Å². The van der Waals surface area contributed by atoms with Crippen molar-refractivity contribution in [2.45, 2.75) is 38.3 Å². The molecule has 14 heavy (non-hydrogen) atoms. The number of rotatable bonds is 5. The molecule has 1 atom stereocenters. The fourth-order valence-electron chi connectivity index (χ4n) is 2.11. The summed E-state index contributed by atoms with van der Waals surface area (Å²) < 4.78 is 0. The summed E-state index contributed by atoms with van der Waals surface area (Å²) in [6.07, 6.45) is 2.35. The third kappa shape index (κ3) is 2.69. The molecule has 0 bridgehead atoms. The van der Waals surface area contributed by atoms with E-state index < -0.39 is 0 Å². The van der Waals surface area contributed by atoms with Crippen LogP contribution in [0, 0.1) is 5.92 Å². The first kappa shape index (κ1) is 11.5. The summed E-state index contributed by atoms with van der Waals surface area (Å²) in [6, 6.07) is -0.159. The van der Waals surface area contributed by atoms with Gasteiger partial charge in [-0.25, -0.2) is 0 Å². The van der Waals surface area contributed by atoms with Gasteiger partial charge in [0.25, 0.3) is 0 Å². The summed E-state index contributed by atoms with van der Waals surface area (Å²) in [6.45, 7) is 2.82. The Kier molecular flexibility index (Phi) is 3.89. The maximum atomic E-state index is 11.1. The van der Waals surface area contributed by atoms with Crippen molar-refractivity contribution in [3.63, 3.8) is 0 Å². The summed E-state index contributed by atoms with van der Waals surface area (Å²) in [5, 5.41) is 9.13. The third-order valence-corrected chi connectivity index (χ3v) is 3.00. The van der Waals surface area contributed by atoms with Crippen molar-refractivity contribution < 1.29 is 9.90 Å². The van der Waals surface area contributed by atoms with Gasteiger partial charge in [0.05, 0.1) is 12.1 Å². The molecule has 82 valence electrons. The van der Waals surface area contributed by atoms with Gasteiger partial charge in [-0.15, -0.1) is 0 Å². The molecule has 1 aliphatic rings. The van der Waals surface area contributed by atoms with E-state index in [0.717, 1.165) is 25.8 Å². The van der Waals surface area contributed by atoms with Crippen molar-refractivity contribution in [2.24, 2.45) is 11.7 Å². The molecule has 1 saturated carbocycles. The molecule has 1 fully saturated rings. The van der Waals surface area contributed by atoms with Crippen LogP contribution in [0.5, 0.6) is 0 Å². The Hall–Kier alpha value is -0.610. The largest absolute Gasteiger partial charge is 0.393 e. The number of primary amides is 1. The van der Waals surface area contributed by atoms with E-state index in [4.69, 9.17) is 10.8 Å². The van der Waals surface area contributed by atoms with E-state index in [-0.39, 0.29) is 18.1 Å². The molecule has 0 heterocycles. The van der Waals surface area contributed by atoms with Crippen LogP contribution in [0.1, 0.15) is 26.2 Å². The summed E-state index contributed by atoms with van der Waals surface area (Å²) in [5.74, 6) is 0.276. The van der Waals surface area contributed by atoms with Crippen LogP contribution in [-0.2, 0) is 4.79 Å². The van der Waals surface area contributed by atoms with Crippen molar-refractivity contribution in [2.75, 3.05) is 13.6 Å². The highest BCUT2D eigenvalue weighted by atomic mass is 16.3. The highest BCUT2D eigenvalue weighted by Gasteiger charge is 2.30. The summed E-state index contributed by atoms with van der Waals surface area (Å²) in [7, 11) is 1.92. The number of carbonyl (C=O) groups excluding carboxylic acids is 1. The van der Waals surface area contributed by atoms with Crippen LogP contribution in [-0.4, -0.2) is 41.7 Å². The normalized spacial score (nSPS) is 28.6. The zero-order valence-electron chi connectivity index (χ0n) is 8.94. The van der Waals surface area contributed by atoms with Crippen molar-refractivity contribution in [3.8, 4) is 0 Å². The Morgan fingerprint density at radius 3 is 2.57 bits per heavy atom. The van der Waals surface area contributed by atoms with E-state index in [2.05, 4.69) is 0 Å². The Morgan fingerprint density at radius 2 is 2.21 bits per heavy atom. The van der Waals surface area contributed by atoms with Crippen molar-refractivity contribution in [1.82, 2.24) is 4.90 Å². The molecule has 0 aromatic carbocycles. The Morgan fingerprint density at radius 1 is 1.64 bits per heavy atom. The van der Waals surface area contributed by atoms with Gasteiger partial charge in [-0.3, -0.25) is 9.69 Å². The number of hydrogen-bond acceptors (Lipinski definition) is 3. The zero-order chi connectivity index (χ0) is 10.7. The summed E-state index contributed by atoms with van der Waals surface area (Å²) >= 11 is 0. The van der Waals surface area contributed by atoms with E-state index in [1.165, 1.54) is 0 Å². The highest BCUT2D eigenvalue weighted by Crippen LogP contribution is 2.28. The van der Waals surface area contributed by atoms with E-state index in [0.29, 0.717) is 5.92 Å². The number of aliphatic hydroxyl groups excluding tert-OH is 1. The fraction of sp³-hybridized carbons (Fsp3) is 0.900. The van der Waals surface area contributed by atoms with Crippen LogP contribution in [0.4, 0.5) is 0 Å². The summed E-state index contributed by atoms with van der Waals surface area (Å²) in [5.41, 5.74) is 5.28. The maximum Gasteiger partial charge on any atom is 0.234 e. The molecule has 0 aliphatic heterocycles. The van der Waals surface area contributed by atoms with Crippen molar-refractivity contribution >= 4 is 5.91 Å². The topological polar surface area (TPSA) is 66.6 Å². The van der Waals surface area contributed by atoms with Gasteiger partial charge in [-0.1, -0.05) is 6.92 Å². The molecule has 4 nitrogen and oxygen atoms in total. The van der Waals surface area contributed by atoms with Crippen LogP contribution in [0.25, 0.3) is 0 Å². The number of carbonyl (C=O) groups is 1. The number of nitrogens with zero attached hydrogens (tertiary/aromatic N) is 1. The molecule has 1 aliphatic carbocycles. The predicted octanol–water partition coefficient (Wildman–Crippen LogP) is -0.0470. The lowest BCUT2D eigenvalue weighted by atomic mass is 9.82. The fourth-order valence-corrected chi connectivity index (χ4v) is 2.11. The molecular weight excluding hydrogens is 180 g/mol. The smallest absolute Gasteiger partial charge is 0.234 e. The quantitative estimate of drug-likeness (QED) is 0.654. The van der Waals surface area contributed by atoms with E-state index in [1.54, 1.807) is 0 Å². The molecule has 0 aromatic rings. The van der Waals surface area contributed by atoms with E-state index in [9.17, 15) is 4.79 Å². The Balaban J connectivity index is 2.32. The van der Waals surface area contributed by atoms with Gasteiger partial charge in [0.1, 0.15) is 0 Å². The number of aliphatic hydroxyl groups is 1. The second kappa shape index (κ2) is 4.75. The van der Waals surface area contributed by atoms with Crippen LogP contribution >= 0.6 is 0 Å². The number of likely N-dealkylation sites (N-methyl/N-ethyl adjacent to an activating group) is 1. The lowest BCUT2D eigenvalue weighted by molar-refractivity contribution is -0.123. The second-order valence-corrected chi connectivity index (χ2v) is 4.26. The number of nitrogens with two attached hydrogens (primary N) is 1. The van der Waals surface area contributed by atoms with Crippen LogP contribution in [0.15, 0.2) is 0 Å². The zero-order valence-corrected chi connectivity index (χ0v) is 8.94. The van der Waals surface area contributed by atoms with Crippen LogP contribution in [0.3, 0.4) is 0 Å². The molecule has 0 spiro atoms. The Labute approximate surface area is 85.1 Å². The molecule has 1 unspecified atom stereocenters. The lowest BCUT2D eigenvalue weighted by Crippen LogP contribution is -2.46. The minimum atomic E-state index is -0.255. The minimum absolute atomic E-state index is 0.123. The highest BCUT2D eigenvalue weighted by molar-refractivity contribution is 5.79. The van der Waals surface area contributed by atoms with Gasteiger partial charge < -0.3 is 10.8 Å². The first-order chi connectivity index (χ1) is 6.54. The molecule has 1 rings (SSSR count).